The van der Waals surface area contributed by atoms with E-state index in [1.165, 1.54) is 6.42 Å². The number of aromatic nitrogens is 2. The van der Waals surface area contributed by atoms with Gasteiger partial charge in [0.15, 0.2) is 5.69 Å². The van der Waals surface area contributed by atoms with Gasteiger partial charge >= 0.3 is 0 Å². The smallest absolute Gasteiger partial charge is 0.254 e. The van der Waals surface area contributed by atoms with Crippen molar-refractivity contribution in [3.8, 4) is 23.4 Å². The van der Waals surface area contributed by atoms with E-state index in [4.69, 9.17) is 5.26 Å². The lowest BCUT2D eigenvalue weighted by Gasteiger charge is -2.40. The van der Waals surface area contributed by atoms with E-state index in [0.29, 0.717) is 41.5 Å². The molecule has 6 nitrogen and oxygen atoms in total. The standard InChI is InChI=1S/C26H23N5O.C4H10.C3H8.2C2H6/c1-15-9-16(2)22(10-21(15)24-23(12-28)29-25(30-24)19-7-8-19)26(32)31-13-20(14-31)18-5-3-17(11-27)4-6-18;1-4(2)3;1-3-2;2*1-2/h3-6,9-10,19-20H,7-8,13-14H2,1-2H3,(H,29,30);4H,1-3H3;3H2,1-2H3;2*1-2H3. The molecule has 1 amide bonds. The van der Waals surface area contributed by atoms with Crippen molar-refractivity contribution < 1.29 is 4.79 Å². The molecule has 0 spiro atoms. The van der Waals surface area contributed by atoms with Crippen LogP contribution in [0.2, 0.25) is 0 Å². The minimum atomic E-state index is 0.00841. The number of nitriles is 2. The molecule has 2 aliphatic rings. The lowest BCUT2D eigenvalue weighted by Crippen LogP contribution is -2.48. The zero-order chi connectivity index (χ0) is 32.7. The monoisotopic (exact) mass is 583 g/mol. The maximum Gasteiger partial charge on any atom is 0.254 e. The van der Waals surface area contributed by atoms with Crippen LogP contribution in [0.15, 0.2) is 36.4 Å². The number of imidazole rings is 1. The Kier molecular flexibility index (Phi) is 16.1. The number of amides is 1. The number of carbonyl (C=O) groups is 1. The fourth-order valence-corrected chi connectivity index (χ4v) is 4.42. The second-order valence-electron chi connectivity index (χ2n) is 11.3. The molecular formula is C37H53N5O. The highest BCUT2D eigenvalue weighted by atomic mass is 16.2. The van der Waals surface area contributed by atoms with E-state index < -0.39 is 0 Å². The molecule has 0 atom stereocenters. The van der Waals surface area contributed by atoms with Crippen LogP contribution in [0.5, 0.6) is 0 Å². The van der Waals surface area contributed by atoms with Crippen molar-refractivity contribution in [1.82, 2.24) is 14.9 Å². The summed E-state index contributed by atoms with van der Waals surface area (Å²) in [4.78, 5) is 23.0. The Morgan fingerprint density at radius 3 is 1.93 bits per heavy atom. The lowest BCUT2D eigenvalue weighted by molar-refractivity contribution is 0.0601. The zero-order valence-electron chi connectivity index (χ0n) is 28.4. The van der Waals surface area contributed by atoms with Crippen LogP contribution in [0.4, 0.5) is 0 Å². The van der Waals surface area contributed by atoms with Crippen molar-refractivity contribution in [2.45, 2.75) is 107 Å². The first-order chi connectivity index (χ1) is 20.6. The lowest BCUT2D eigenvalue weighted by atomic mass is 9.89. The SMILES string of the molecule is CC.CC.CC(C)C.CCC.Cc1cc(C)c(-c2[nH]c(C3CC3)nc2C#N)cc1C(=O)N1CC(c2ccc(C#N)cc2)C1. The number of aromatic amines is 1. The molecule has 43 heavy (non-hydrogen) atoms. The molecule has 1 aliphatic carbocycles. The maximum absolute atomic E-state index is 13.3. The topological polar surface area (TPSA) is 96.6 Å². The fraction of sp³-hybridized carbons (Fsp3) is 0.514. The van der Waals surface area contributed by atoms with Crippen LogP contribution in [0.25, 0.3) is 11.3 Å². The largest absolute Gasteiger partial charge is 0.341 e. The second kappa shape index (κ2) is 18.6. The van der Waals surface area contributed by atoms with Crippen LogP contribution < -0.4 is 0 Å². The number of aryl methyl sites for hydroxylation is 2. The molecule has 0 unspecified atom stereocenters. The summed E-state index contributed by atoms with van der Waals surface area (Å²) in [5.41, 5.74) is 6.36. The average Bonchev–Trinajstić information content (AvgIpc) is 3.74. The van der Waals surface area contributed by atoms with Gasteiger partial charge in [0.05, 0.1) is 17.3 Å². The molecule has 5 rings (SSSR count). The van der Waals surface area contributed by atoms with Gasteiger partial charge in [0.2, 0.25) is 0 Å². The number of benzene rings is 2. The van der Waals surface area contributed by atoms with Crippen molar-refractivity contribution in [3.63, 3.8) is 0 Å². The van der Waals surface area contributed by atoms with E-state index in [9.17, 15) is 10.1 Å². The van der Waals surface area contributed by atoms with Crippen molar-refractivity contribution in [2.75, 3.05) is 13.1 Å². The van der Waals surface area contributed by atoms with E-state index >= 15 is 0 Å². The summed E-state index contributed by atoms with van der Waals surface area (Å²) < 4.78 is 0. The Morgan fingerprint density at radius 1 is 0.930 bits per heavy atom. The maximum atomic E-state index is 13.3. The van der Waals surface area contributed by atoms with E-state index in [2.05, 4.69) is 56.7 Å². The molecule has 6 heteroatoms. The molecule has 2 heterocycles. The molecule has 3 aromatic rings. The molecule has 1 saturated heterocycles. The third-order valence-electron chi connectivity index (χ3n) is 6.54. The fourth-order valence-electron chi connectivity index (χ4n) is 4.42. The molecule has 0 radical (unpaired) electrons. The highest BCUT2D eigenvalue weighted by Gasteiger charge is 2.33. The number of rotatable bonds is 4. The Labute approximate surface area is 261 Å². The van der Waals surface area contributed by atoms with Crippen LogP contribution >= 0.6 is 0 Å². The number of hydrogen-bond acceptors (Lipinski definition) is 4. The summed E-state index contributed by atoms with van der Waals surface area (Å²) >= 11 is 0. The minimum Gasteiger partial charge on any atom is -0.341 e. The van der Waals surface area contributed by atoms with Gasteiger partial charge in [-0.15, -0.1) is 0 Å². The number of likely N-dealkylation sites (tertiary alicyclic amines) is 1. The normalized spacial score (nSPS) is 13.2. The molecule has 0 bridgehead atoms. The Bertz CT molecular complexity index is 1360. The summed E-state index contributed by atoms with van der Waals surface area (Å²) in [5.74, 6) is 2.42. The van der Waals surface area contributed by atoms with Gasteiger partial charge in [0.1, 0.15) is 11.9 Å². The van der Waals surface area contributed by atoms with Gasteiger partial charge < -0.3 is 9.88 Å². The Balaban J connectivity index is 0.000000741. The van der Waals surface area contributed by atoms with Gasteiger partial charge in [-0.1, -0.05) is 86.9 Å². The van der Waals surface area contributed by atoms with Gasteiger partial charge in [-0.3, -0.25) is 4.79 Å². The number of nitrogens with one attached hydrogen (secondary N) is 1. The van der Waals surface area contributed by atoms with Crippen molar-refractivity contribution in [2.24, 2.45) is 5.92 Å². The number of H-pyrrole nitrogens is 1. The van der Waals surface area contributed by atoms with Crippen molar-refractivity contribution >= 4 is 5.91 Å². The van der Waals surface area contributed by atoms with Crippen LogP contribution in [0.1, 0.15) is 138 Å². The first kappa shape index (κ1) is 37.1. The average molecular weight is 584 g/mol. The molecule has 232 valence electrons. The van der Waals surface area contributed by atoms with Crippen molar-refractivity contribution in [3.05, 3.63) is 75.7 Å². The van der Waals surface area contributed by atoms with Gasteiger partial charge in [-0.05, 0) is 67.5 Å². The van der Waals surface area contributed by atoms with Gasteiger partial charge in [0, 0.05) is 36.1 Å². The molecule has 2 fully saturated rings. The van der Waals surface area contributed by atoms with Gasteiger partial charge in [-0.2, -0.15) is 10.5 Å². The summed E-state index contributed by atoms with van der Waals surface area (Å²) in [6.45, 7) is 24.0. The number of nitrogens with zero attached hydrogens (tertiary/aromatic N) is 4. The van der Waals surface area contributed by atoms with Gasteiger partial charge in [-0.25, -0.2) is 4.98 Å². The summed E-state index contributed by atoms with van der Waals surface area (Å²) in [5, 5.41) is 18.6. The van der Waals surface area contributed by atoms with Crippen molar-refractivity contribution in [1.29, 1.82) is 10.5 Å². The molecule has 1 aromatic heterocycles. The molecular weight excluding hydrogens is 530 g/mol. The van der Waals surface area contributed by atoms with Crippen LogP contribution in [0, 0.1) is 42.4 Å². The van der Waals surface area contributed by atoms with Crippen LogP contribution in [-0.2, 0) is 0 Å². The third-order valence-corrected chi connectivity index (χ3v) is 6.54. The summed E-state index contributed by atoms with van der Waals surface area (Å²) in [6.07, 6.45) is 3.45. The molecule has 1 aliphatic heterocycles. The highest BCUT2D eigenvalue weighted by molar-refractivity contribution is 5.98. The molecule has 1 N–H and O–H groups in total. The highest BCUT2D eigenvalue weighted by Crippen LogP contribution is 2.40. The van der Waals surface area contributed by atoms with E-state index in [1.54, 1.807) is 0 Å². The minimum absolute atomic E-state index is 0.00841. The first-order valence-corrected chi connectivity index (χ1v) is 16.0. The Morgan fingerprint density at radius 2 is 1.47 bits per heavy atom. The first-order valence-electron chi connectivity index (χ1n) is 16.0. The van der Waals surface area contributed by atoms with E-state index in [0.717, 1.165) is 46.8 Å². The second-order valence-corrected chi connectivity index (χ2v) is 11.3. The third kappa shape index (κ3) is 10.4. The van der Waals surface area contributed by atoms with E-state index in [-0.39, 0.29) is 11.8 Å². The predicted octanol–water partition coefficient (Wildman–Crippen LogP) is 9.68. The van der Waals surface area contributed by atoms with Crippen LogP contribution in [0.3, 0.4) is 0 Å². The number of carbonyl (C=O) groups excluding carboxylic acids is 1. The summed E-state index contributed by atoms with van der Waals surface area (Å²) in [6, 6.07) is 15.9. The summed E-state index contributed by atoms with van der Waals surface area (Å²) in [7, 11) is 0. The quantitative estimate of drug-likeness (QED) is 0.331. The Hall–Kier alpha value is -3.90. The number of hydrogen-bond donors (Lipinski definition) is 1. The van der Waals surface area contributed by atoms with Gasteiger partial charge in [0.25, 0.3) is 5.91 Å². The predicted molar refractivity (Wildman–Crippen MR) is 179 cm³/mol. The van der Waals surface area contributed by atoms with Crippen LogP contribution in [-0.4, -0.2) is 33.9 Å². The molecule has 2 aromatic carbocycles. The molecule has 1 saturated carbocycles. The zero-order valence-corrected chi connectivity index (χ0v) is 28.4. The van der Waals surface area contributed by atoms with E-state index in [1.807, 2.05) is 82.8 Å².